The molecule has 0 bridgehead atoms. The van der Waals surface area contributed by atoms with Crippen LogP contribution in [0.2, 0.25) is 0 Å². The van der Waals surface area contributed by atoms with Gasteiger partial charge >= 0.3 is 5.97 Å². The molecule has 0 aliphatic heterocycles. The number of aryl methyl sites for hydroxylation is 1. The van der Waals surface area contributed by atoms with Gasteiger partial charge < -0.3 is 9.47 Å². The average Bonchev–Trinajstić information content (AvgIpc) is 3.33. The number of ether oxygens (including phenoxy) is 2. The van der Waals surface area contributed by atoms with Crippen molar-refractivity contribution in [2.45, 2.75) is 38.5 Å². The van der Waals surface area contributed by atoms with Crippen molar-refractivity contribution in [2.75, 3.05) is 18.4 Å². The Kier molecular flexibility index (Phi) is 7.38. The van der Waals surface area contributed by atoms with E-state index in [1.54, 1.807) is 12.1 Å². The maximum Gasteiger partial charge on any atom is 0.305 e. The minimum absolute atomic E-state index is 0.247. The lowest BCUT2D eigenvalue weighted by Gasteiger charge is -2.17. The summed E-state index contributed by atoms with van der Waals surface area (Å²) in [7, 11) is -2.47. The van der Waals surface area contributed by atoms with Crippen LogP contribution < -0.4 is 14.6 Å². The standard InChI is InChI=1S/C26H30N2O5S/c1-32-26(29)14-10-18-9-13-25(33-17-19-5-2-3-6-19)24(15-18)23-8-4-7-20-16-21(11-12-22(20)23)28-34(27,30)31/h4,7-9,11-13,15-16,19,28H,2-3,5-6,10,14,17H2,1H3,(H2,27,30,31). The second-order valence-electron chi connectivity index (χ2n) is 8.76. The molecule has 8 heteroatoms. The molecule has 1 fully saturated rings. The van der Waals surface area contributed by atoms with Crippen molar-refractivity contribution in [1.82, 2.24) is 0 Å². The molecular formula is C26H30N2O5S. The number of fused-ring (bicyclic) bond motifs is 1. The van der Waals surface area contributed by atoms with E-state index in [0.717, 1.165) is 33.2 Å². The van der Waals surface area contributed by atoms with Gasteiger partial charge in [0.2, 0.25) is 0 Å². The molecule has 3 N–H and O–H groups in total. The molecule has 3 aromatic carbocycles. The van der Waals surface area contributed by atoms with Crippen LogP contribution in [0.25, 0.3) is 21.9 Å². The minimum Gasteiger partial charge on any atom is -0.493 e. The van der Waals surface area contributed by atoms with E-state index in [2.05, 4.69) is 10.8 Å². The molecule has 0 amide bonds. The Morgan fingerprint density at radius 1 is 1.06 bits per heavy atom. The summed E-state index contributed by atoms with van der Waals surface area (Å²) in [5.74, 6) is 1.13. The molecule has 1 saturated carbocycles. The summed E-state index contributed by atoms with van der Waals surface area (Å²) in [5, 5.41) is 6.95. The Morgan fingerprint density at radius 2 is 1.85 bits per heavy atom. The molecule has 0 aromatic heterocycles. The molecule has 0 radical (unpaired) electrons. The molecule has 4 rings (SSSR count). The van der Waals surface area contributed by atoms with Crippen LogP contribution in [0.5, 0.6) is 5.75 Å². The predicted molar refractivity (Wildman–Crippen MR) is 134 cm³/mol. The lowest BCUT2D eigenvalue weighted by Crippen LogP contribution is -2.21. The Labute approximate surface area is 200 Å². The lowest BCUT2D eigenvalue weighted by atomic mass is 9.95. The number of benzene rings is 3. The smallest absolute Gasteiger partial charge is 0.305 e. The predicted octanol–water partition coefficient (Wildman–Crippen LogP) is 4.80. The number of esters is 1. The van der Waals surface area contributed by atoms with Crippen molar-refractivity contribution < 1.29 is 22.7 Å². The van der Waals surface area contributed by atoms with E-state index in [9.17, 15) is 13.2 Å². The van der Waals surface area contributed by atoms with Gasteiger partial charge in [0, 0.05) is 12.0 Å². The zero-order valence-electron chi connectivity index (χ0n) is 19.3. The summed E-state index contributed by atoms with van der Waals surface area (Å²) in [5.41, 5.74) is 3.33. The van der Waals surface area contributed by atoms with Crippen LogP contribution in [0.3, 0.4) is 0 Å². The number of carbonyl (C=O) groups excluding carboxylic acids is 1. The van der Waals surface area contributed by atoms with E-state index in [1.807, 2.05) is 36.4 Å². The van der Waals surface area contributed by atoms with E-state index in [0.29, 0.717) is 31.1 Å². The number of methoxy groups -OCH3 is 1. The molecule has 0 spiro atoms. The summed E-state index contributed by atoms with van der Waals surface area (Å²) >= 11 is 0. The van der Waals surface area contributed by atoms with E-state index >= 15 is 0 Å². The lowest BCUT2D eigenvalue weighted by molar-refractivity contribution is -0.140. The first-order valence-electron chi connectivity index (χ1n) is 11.5. The molecule has 34 heavy (non-hydrogen) atoms. The second-order valence-corrected chi connectivity index (χ2v) is 10.1. The number of hydrogen-bond acceptors (Lipinski definition) is 5. The van der Waals surface area contributed by atoms with Crippen molar-refractivity contribution in [2.24, 2.45) is 11.1 Å². The van der Waals surface area contributed by atoms with Crippen LogP contribution >= 0.6 is 0 Å². The highest BCUT2D eigenvalue weighted by atomic mass is 32.2. The molecule has 0 saturated heterocycles. The fourth-order valence-electron chi connectivity index (χ4n) is 4.55. The number of carbonyl (C=O) groups is 1. The monoisotopic (exact) mass is 482 g/mol. The fraction of sp³-hybridized carbons (Fsp3) is 0.346. The zero-order valence-corrected chi connectivity index (χ0v) is 20.1. The summed E-state index contributed by atoms with van der Waals surface area (Å²) in [6.07, 6.45) is 5.77. The maximum atomic E-state index is 11.7. The SMILES string of the molecule is COC(=O)CCc1ccc(OCC2CCCC2)c(-c2cccc3cc(NS(N)(=O)=O)ccc23)c1. The van der Waals surface area contributed by atoms with Gasteiger partial charge in [-0.05, 0) is 71.3 Å². The largest absolute Gasteiger partial charge is 0.493 e. The highest BCUT2D eigenvalue weighted by Gasteiger charge is 2.18. The Morgan fingerprint density at radius 3 is 2.59 bits per heavy atom. The van der Waals surface area contributed by atoms with Crippen LogP contribution in [0.4, 0.5) is 5.69 Å². The average molecular weight is 483 g/mol. The molecule has 1 aliphatic carbocycles. The normalized spacial score (nSPS) is 14.3. The topological polar surface area (TPSA) is 108 Å². The zero-order chi connectivity index (χ0) is 24.1. The molecule has 3 aromatic rings. The highest BCUT2D eigenvalue weighted by Crippen LogP contribution is 2.38. The molecular weight excluding hydrogens is 452 g/mol. The highest BCUT2D eigenvalue weighted by molar-refractivity contribution is 7.90. The van der Waals surface area contributed by atoms with Crippen molar-refractivity contribution in [1.29, 1.82) is 0 Å². The van der Waals surface area contributed by atoms with E-state index < -0.39 is 10.2 Å². The molecule has 0 heterocycles. The van der Waals surface area contributed by atoms with Crippen LogP contribution in [-0.2, 0) is 26.2 Å². The molecule has 0 atom stereocenters. The summed E-state index contributed by atoms with van der Waals surface area (Å²) in [4.78, 5) is 11.7. The first-order chi connectivity index (χ1) is 16.3. The van der Waals surface area contributed by atoms with E-state index in [4.69, 9.17) is 14.6 Å². The van der Waals surface area contributed by atoms with Gasteiger partial charge in [-0.15, -0.1) is 0 Å². The Hall–Kier alpha value is -3.10. The summed E-state index contributed by atoms with van der Waals surface area (Å²) in [6.45, 7) is 0.682. The Balaban J connectivity index is 1.72. The van der Waals surface area contributed by atoms with Crippen LogP contribution in [-0.4, -0.2) is 28.1 Å². The minimum atomic E-state index is -3.86. The summed E-state index contributed by atoms with van der Waals surface area (Å²) in [6, 6.07) is 17.2. The quantitative estimate of drug-likeness (QED) is 0.426. The van der Waals surface area contributed by atoms with Gasteiger partial charge in [0.1, 0.15) is 5.75 Å². The summed E-state index contributed by atoms with van der Waals surface area (Å²) < 4.78 is 36.3. The molecule has 0 unspecified atom stereocenters. The number of anilines is 1. The van der Waals surface area contributed by atoms with Crippen LogP contribution in [0.1, 0.15) is 37.7 Å². The third-order valence-corrected chi connectivity index (χ3v) is 6.79. The third kappa shape index (κ3) is 6.07. The van der Waals surface area contributed by atoms with Crippen LogP contribution in [0, 0.1) is 5.92 Å². The van der Waals surface area contributed by atoms with Crippen molar-refractivity contribution in [3.8, 4) is 16.9 Å². The third-order valence-electron chi connectivity index (χ3n) is 6.27. The van der Waals surface area contributed by atoms with Crippen molar-refractivity contribution in [3.63, 3.8) is 0 Å². The van der Waals surface area contributed by atoms with Gasteiger partial charge in [-0.25, -0.2) is 5.14 Å². The second kappa shape index (κ2) is 10.4. The van der Waals surface area contributed by atoms with Crippen molar-refractivity contribution >= 4 is 32.6 Å². The van der Waals surface area contributed by atoms with Gasteiger partial charge in [-0.3, -0.25) is 9.52 Å². The van der Waals surface area contributed by atoms with Gasteiger partial charge in [0.05, 0.1) is 19.4 Å². The number of rotatable bonds is 9. The van der Waals surface area contributed by atoms with Gasteiger partial charge in [0.25, 0.3) is 10.2 Å². The first-order valence-corrected chi connectivity index (χ1v) is 13.0. The van der Waals surface area contributed by atoms with Crippen LogP contribution in [0.15, 0.2) is 54.6 Å². The van der Waals surface area contributed by atoms with Crippen molar-refractivity contribution in [3.05, 3.63) is 60.2 Å². The molecule has 180 valence electrons. The van der Waals surface area contributed by atoms with Gasteiger partial charge in [-0.2, -0.15) is 8.42 Å². The Bertz CT molecular complexity index is 1280. The maximum absolute atomic E-state index is 11.7. The fourth-order valence-corrected chi connectivity index (χ4v) is 5.00. The molecule has 7 nitrogen and oxygen atoms in total. The van der Waals surface area contributed by atoms with E-state index in [-0.39, 0.29) is 5.97 Å². The first kappa shape index (κ1) is 24.0. The van der Waals surface area contributed by atoms with Gasteiger partial charge in [-0.1, -0.05) is 43.2 Å². The van der Waals surface area contributed by atoms with E-state index in [1.165, 1.54) is 32.8 Å². The van der Waals surface area contributed by atoms with Gasteiger partial charge in [0.15, 0.2) is 0 Å². The number of hydrogen-bond donors (Lipinski definition) is 2. The number of nitrogens with two attached hydrogens (primary N) is 1. The molecule has 1 aliphatic rings. The number of nitrogens with one attached hydrogen (secondary N) is 1.